The number of amides is 1. The minimum Gasteiger partial charge on any atom is -0.497 e. The van der Waals surface area contributed by atoms with Crippen molar-refractivity contribution in [1.29, 1.82) is 0 Å². The standard InChI is InChI=1S/C21H28N4O2/c1-27-17-7-8-19-18(9-17)20(23-22-19)13-24-11-15-5-6-16(12-24)25(21(15)26)10-14-3-2-4-14/h7-9,14-16H,2-6,10-13H2,1H3,(H,22,23)/t15-,16+/m0/s1. The summed E-state index contributed by atoms with van der Waals surface area (Å²) in [5.74, 6) is 2.15. The Morgan fingerprint density at radius 2 is 2.11 bits per heavy atom. The number of nitrogens with one attached hydrogen (secondary N) is 1. The molecule has 1 amide bonds. The van der Waals surface area contributed by atoms with Crippen LogP contribution in [0.15, 0.2) is 18.2 Å². The molecule has 1 saturated carbocycles. The lowest BCUT2D eigenvalue weighted by atomic mass is 9.83. The number of aromatic nitrogens is 2. The van der Waals surface area contributed by atoms with Gasteiger partial charge in [0.05, 0.1) is 24.2 Å². The average molecular weight is 368 g/mol. The molecule has 3 aliphatic heterocycles. The lowest BCUT2D eigenvalue weighted by Crippen LogP contribution is -2.50. The number of nitrogens with zero attached hydrogens (tertiary/aromatic N) is 3. The van der Waals surface area contributed by atoms with Crippen molar-refractivity contribution in [1.82, 2.24) is 20.0 Å². The molecule has 0 radical (unpaired) electrons. The van der Waals surface area contributed by atoms with Crippen molar-refractivity contribution < 1.29 is 9.53 Å². The van der Waals surface area contributed by atoms with E-state index in [-0.39, 0.29) is 5.92 Å². The molecule has 2 bridgehead atoms. The highest BCUT2D eigenvalue weighted by Gasteiger charge is 2.41. The van der Waals surface area contributed by atoms with Crippen LogP contribution in [0.2, 0.25) is 0 Å². The van der Waals surface area contributed by atoms with Crippen LogP contribution in [0.4, 0.5) is 0 Å². The molecular weight excluding hydrogens is 340 g/mol. The third-order valence-corrected chi connectivity index (χ3v) is 6.77. The first kappa shape index (κ1) is 17.0. The Kier molecular flexibility index (Phi) is 4.31. The monoisotopic (exact) mass is 368 g/mol. The Bertz CT molecular complexity index is 844. The molecule has 6 nitrogen and oxygen atoms in total. The van der Waals surface area contributed by atoms with Gasteiger partial charge in [0.1, 0.15) is 5.75 Å². The molecule has 4 heterocycles. The number of rotatable bonds is 5. The van der Waals surface area contributed by atoms with Gasteiger partial charge in [-0.25, -0.2) is 0 Å². The highest BCUT2D eigenvalue weighted by atomic mass is 16.5. The molecule has 4 fully saturated rings. The van der Waals surface area contributed by atoms with Gasteiger partial charge in [-0.2, -0.15) is 5.10 Å². The third kappa shape index (κ3) is 3.10. The number of H-pyrrole nitrogens is 1. The Hall–Kier alpha value is -2.08. The van der Waals surface area contributed by atoms with Gasteiger partial charge in [0.15, 0.2) is 0 Å². The first-order valence-corrected chi connectivity index (χ1v) is 10.2. The molecule has 0 unspecified atom stereocenters. The van der Waals surface area contributed by atoms with Crippen molar-refractivity contribution in [3.05, 3.63) is 23.9 Å². The topological polar surface area (TPSA) is 61.5 Å². The maximum absolute atomic E-state index is 13.0. The second kappa shape index (κ2) is 6.82. The van der Waals surface area contributed by atoms with Crippen molar-refractivity contribution in [2.45, 2.75) is 44.7 Å². The number of aromatic amines is 1. The summed E-state index contributed by atoms with van der Waals surface area (Å²) >= 11 is 0. The Morgan fingerprint density at radius 1 is 1.22 bits per heavy atom. The number of carbonyl (C=O) groups is 1. The summed E-state index contributed by atoms with van der Waals surface area (Å²) in [7, 11) is 1.69. The molecule has 6 heteroatoms. The number of hydrogen-bond acceptors (Lipinski definition) is 4. The van der Waals surface area contributed by atoms with Gasteiger partial charge in [-0.3, -0.25) is 14.8 Å². The molecule has 1 aromatic carbocycles. The summed E-state index contributed by atoms with van der Waals surface area (Å²) in [5, 5.41) is 8.76. The third-order valence-electron chi connectivity index (χ3n) is 6.77. The van der Waals surface area contributed by atoms with Gasteiger partial charge in [0, 0.05) is 37.6 Å². The lowest BCUT2D eigenvalue weighted by molar-refractivity contribution is -0.141. The van der Waals surface area contributed by atoms with Crippen molar-refractivity contribution >= 4 is 16.8 Å². The van der Waals surface area contributed by atoms with E-state index in [1.807, 2.05) is 12.1 Å². The van der Waals surface area contributed by atoms with Crippen LogP contribution in [-0.2, 0) is 11.3 Å². The molecule has 6 rings (SSSR count). The van der Waals surface area contributed by atoms with Crippen LogP contribution in [-0.4, -0.2) is 58.7 Å². The molecule has 1 aliphatic carbocycles. The van der Waals surface area contributed by atoms with Gasteiger partial charge in [-0.05, 0) is 49.8 Å². The first-order chi connectivity index (χ1) is 13.2. The van der Waals surface area contributed by atoms with E-state index in [0.717, 1.165) is 67.3 Å². The van der Waals surface area contributed by atoms with Crippen LogP contribution in [0.5, 0.6) is 5.75 Å². The fraction of sp³-hybridized carbons (Fsp3) is 0.619. The van der Waals surface area contributed by atoms with E-state index in [4.69, 9.17) is 4.74 Å². The molecule has 0 spiro atoms. The minimum atomic E-state index is 0.160. The average Bonchev–Trinajstić information content (AvgIpc) is 2.84. The van der Waals surface area contributed by atoms with E-state index in [9.17, 15) is 4.79 Å². The predicted octanol–water partition coefficient (Wildman–Crippen LogP) is 2.79. The smallest absolute Gasteiger partial charge is 0.227 e. The number of ether oxygens (including phenoxy) is 1. The molecule has 2 atom stereocenters. The number of hydrogen-bond donors (Lipinski definition) is 1. The maximum Gasteiger partial charge on any atom is 0.227 e. The van der Waals surface area contributed by atoms with Gasteiger partial charge in [-0.15, -0.1) is 0 Å². The molecule has 144 valence electrons. The second-order valence-corrected chi connectivity index (χ2v) is 8.49. The number of carbonyl (C=O) groups excluding carboxylic acids is 1. The SMILES string of the molecule is COc1ccc2n[nH]c(CN3C[C@@H]4CC[C@H](C3)N(CC3CCC3)C4=O)c2c1. The van der Waals surface area contributed by atoms with Crippen LogP contribution in [0, 0.1) is 11.8 Å². The van der Waals surface area contributed by atoms with Crippen LogP contribution in [0.1, 0.15) is 37.8 Å². The molecule has 3 saturated heterocycles. The van der Waals surface area contributed by atoms with Crippen LogP contribution >= 0.6 is 0 Å². The van der Waals surface area contributed by atoms with E-state index in [0.29, 0.717) is 11.9 Å². The van der Waals surface area contributed by atoms with Gasteiger partial charge < -0.3 is 9.64 Å². The van der Waals surface area contributed by atoms with Gasteiger partial charge in [-0.1, -0.05) is 6.42 Å². The molecule has 2 aromatic rings. The zero-order valence-electron chi connectivity index (χ0n) is 16.0. The molecule has 27 heavy (non-hydrogen) atoms. The number of fused-ring (bicyclic) bond motifs is 5. The fourth-order valence-electron chi connectivity index (χ4n) is 4.97. The normalized spacial score (nSPS) is 26.4. The van der Waals surface area contributed by atoms with E-state index >= 15 is 0 Å². The number of piperidine rings is 1. The van der Waals surface area contributed by atoms with Crippen molar-refractivity contribution in [2.24, 2.45) is 11.8 Å². The number of methoxy groups -OCH3 is 1. The summed E-state index contributed by atoms with van der Waals surface area (Å²) in [6.45, 7) is 3.62. The summed E-state index contributed by atoms with van der Waals surface area (Å²) in [5.41, 5.74) is 2.08. The molecule has 4 aliphatic rings. The Balaban J connectivity index is 1.35. The van der Waals surface area contributed by atoms with Crippen molar-refractivity contribution in [2.75, 3.05) is 26.7 Å². The van der Waals surface area contributed by atoms with E-state index in [2.05, 4.69) is 26.1 Å². The molecule has 1 aromatic heterocycles. The van der Waals surface area contributed by atoms with Crippen LogP contribution < -0.4 is 4.74 Å². The second-order valence-electron chi connectivity index (χ2n) is 8.49. The summed E-state index contributed by atoms with van der Waals surface area (Å²) in [6, 6.07) is 6.36. The zero-order valence-corrected chi connectivity index (χ0v) is 16.0. The zero-order chi connectivity index (χ0) is 18.4. The van der Waals surface area contributed by atoms with Crippen molar-refractivity contribution in [3.8, 4) is 5.75 Å². The van der Waals surface area contributed by atoms with Gasteiger partial charge in [0.2, 0.25) is 5.91 Å². The quantitative estimate of drug-likeness (QED) is 0.882. The van der Waals surface area contributed by atoms with E-state index in [1.165, 1.54) is 19.3 Å². The van der Waals surface area contributed by atoms with Gasteiger partial charge >= 0.3 is 0 Å². The minimum absolute atomic E-state index is 0.160. The predicted molar refractivity (Wildman–Crippen MR) is 103 cm³/mol. The summed E-state index contributed by atoms with van der Waals surface area (Å²) < 4.78 is 5.38. The molecular formula is C21H28N4O2. The highest BCUT2D eigenvalue weighted by Crippen LogP contribution is 2.34. The van der Waals surface area contributed by atoms with Crippen LogP contribution in [0.3, 0.4) is 0 Å². The first-order valence-electron chi connectivity index (χ1n) is 10.2. The number of benzene rings is 1. The maximum atomic E-state index is 13.0. The highest BCUT2D eigenvalue weighted by molar-refractivity contribution is 5.83. The van der Waals surface area contributed by atoms with Crippen LogP contribution in [0.25, 0.3) is 10.9 Å². The largest absolute Gasteiger partial charge is 0.497 e. The van der Waals surface area contributed by atoms with Gasteiger partial charge in [0.25, 0.3) is 0 Å². The Labute approximate surface area is 159 Å². The van der Waals surface area contributed by atoms with Crippen molar-refractivity contribution in [3.63, 3.8) is 0 Å². The Morgan fingerprint density at radius 3 is 2.89 bits per heavy atom. The fourth-order valence-corrected chi connectivity index (χ4v) is 4.97. The summed E-state index contributed by atoms with van der Waals surface area (Å²) in [6.07, 6.45) is 6.12. The lowest BCUT2D eigenvalue weighted by Gasteiger charge is -2.40. The van der Waals surface area contributed by atoms with E-state index in [1.54, 1.807) is 7.11 Å². The van der Waals surface area contributed by atoms with E-state index < -0.39 is 0 Å². The summed E-state index contributed by atoms with van der Waals surface area (Å²) in [4.78, 5) is 17.7. The molecule has 1 N–H and O–H groups in total.